The van der Waals surface area contributed by atoms with Crippen LogP contribution in [0, 0.1) is 5.82 Å². The molecule has 0 aromatic heterocycles. The normalized spacial score (nSPS) is 13.3. The van der Waals surface area contributed by atoms with Gasteiger partial charge in [-0.3, -0.25) is 13.9 Å². The lowest BCUT2D eigenvalue weighted by molar-refractivity contribution is -0.139. The van der Waals surface area contributed by atoms with Gasteiger partial charge in [-0.1, -0.05) is 30.3 Å². The summed E-state index contributed by atoms with van der Waals surface area (Å²) >= 11 is 0. The first kappa shape index (κ1) is 27.9. The van der Waals surface area contributed by atoms with Gasteiger partial charge in [0, 0.05) is 19.2 Å². The highest BCUT2D eigenvalue weighted by atomic mass is 32.2. The van der Waals surface area contributed by atoms with E-state index in [0.717, 1.165) is 22.0 Å². The first-order valence-electron chi connectivity index (χ1n) is 12.5. The zero-order valence-electron chi connectivity index (χ0n) is 21.7. The number of likely N-dealkylation sites (N-methyl/N-ethyl adjacent to an activating group) is 1. The molecule has 0 fully saturated rings. The Kier molecular flexibility index (Phi) is 8.70. The Morgan fingerprint density at radius 3 is 2.31 bits per heavy atom. The third-order valence-corrected chi connectivity index (χ3v) is 7.98. The maximum atomic E-state index is 13.9. The summed E-state index contributed by atoms with van der Waals surface area (Å²) in [7, 11) is -4.33. The first-order valence-corrected chi connectivity index (χ1v) is 13.9. The van der Waals surface area contributed by atoms with Crippen molar-refractivity contribution in [2.75, 3.05) is 30.6 Å². The van der Waals surface area contributed by atoms with Crippen LogP contribution in [0.25, 0.3) is 0 Å². The molecule has 0 aliphatic carbocycles. The van der Waals surface area contributed by atoms with E-state index < -0.39 is 34.3 Å². The molecule has 0 spiro atoms. The first-order chi connectivity index (χ1) is 18.7. The largest absolute Gasteiger partial charge is 0.486 e. The van der Waals surface area contributed by atoms with Crippen LogP contribution in [0.3, 0.4) is 0 Å². The Morgan fingerprint density at radius 1 is 0.974 bits per heavy atom. The predicted octanol–water partition coefficient (Wildman–Crippen LogP) is 3.35. The van der Waals surface area contributed by atoms with E-state index in [4.69, 9.17) is 9.47 Å². The van der Waals surface area contributed by atoms with Crippen molar-refractivity contribution in [3.63, 3.8) is 0 Å². The topological polar surface area (TPSA) is 105 Å². The average Bonchev–Trinajstić information content (AvgIpc) is 2.95. The minimum atomic E-state index is -4.33. The Balaban J connectivity index is 1.71. The van der Waals surface area contributed by atoms with E-state index in [0.29, 0.717) is 18.9 Å². The van der Waals surface area contributed by atoms with Gasteiger partial charge in [0.1, 0.15) is 31.6 Å². The number of halogens is 1. The van der Waals surface area contributed by atoms with E-state index in [2.05, 4.69) is 5.32 Å². The highest BCUT2D eigenvalue weighted by molar-refractivity contribution is 7.92. The van der Waals surface area contributed by atoms with E-state index in [1.165, 1.54) is 35.2 Å². The summed E-state index contributed by atoms with van der Waals surface area (Å²) in [4.78, 5) is 27.7. The molecule has 206 valence electrons. The number of carbonyl (C=O) groups is 2. The highest BCUT2D eigenvalue weighted by Gasteiger charge is 2.33. The van der Waals surface area contributed by atoms with Crippen LogP contribution in [0.4, 0.5) is 10.1 Å². The standard InChI is InChI=1S/C28H30FN3O6S/c1-3-30-28(34)20(2)31(18-21-7-5-4-6-8-21)27(33)19-32(23-11-9-22(29)10-12-23)39(35,36)24-13-14-25-26(17-24)38-16-15-37-25/h4-14,17,20H,3,15-16,18-19H2,1-2H3,(H,30,34). The van der Waals surface area contributed by atoms with Gasteiger partial charge >= 0.3 is 0 Å². The summed E-state index contributed by atoms with van der Waals surface area (Å²) in [5.74, 6) is -0.858. The number of hydrogen-bond donors (Lipinski definition) is 1. The Morgan fingerprint density at radius 2 is 1.64 bits per heavy atom. The van der Waals surface area contributed by atoms with Crippen LogP contribution in [0.2, 0.25) is 0 Å². The lowest BCUT2D eigenvalue weighted by Gasteiger charge is -2.32. The minimum Gasteiger partial charge on any atom is -0.486 e. The number of benzene rings is 3. The van der Waals surface area contributed by atoms with E-state index in [-0.39, 0.29) is 35.4 Å². The van der Waals surface area contributed by atoms with Crippen LogP contribution in [0.5, 0.6) is 11.5 Å². The fourth-order valence-electron chi connectivity index (χ4n) is 4.13. The lowest BCUT2D eigenvalue weighted by atomic mass is 10.1. The van der Waals surface area contributed by atoms with Gasteiger partial charge in [-0.2, -0.15) is 0 Å². The van der Waals surface area contributed by atoms with Crippen molar-refractivity contribution in [3.05, 3.63) is 84.2 Å². The van der Waals surface area contributed by atoms with Crippen LogP contribution in [0.1, 0.15) is 19.4 Å². The number of anilines is 1. The molecular formula is C28H30FN3O6S. The van der Waals surface area contributed by atoms with Crippen molar-refractivity contribution in [2.45, 2.75) is 31.3 Å². The Hall–Kier alpha value is -4.12. The van der Waals surface area contributed by atoms with Crippen molar-refractivity contribution in [2.24, 2.45) is 0 Å². The molecule has 9 nitrogen and oxygen atoms in total. The summed E-state index contributed by atoms with van der Waals surface area (Å²) in [6.07, 6.45) is 0. The van der Waals surface area contributed by atoms with Crippen LogP contribution in [-0.2, 0) is 26.2 Å². The maximum absolute atomic E-state index is 13.9. The molecule has 1 N–H and O–H groups in total. The third kappa shape index (κ3) is 6.48. The summed E-state index contributed by atoms with van der Waals surface area (Å²) in [6, 6.07) is 17.2. The van der Waals surface area contributed by atoms with E-state index >= 15 is 0 Å². The zero-order valence-corrected chi connectivity index (χ0v) is 22.5. The zero-order chi connectivity index (χ0) is 28.0. The van der Waals surface area contributed by atoms with Gasteiger partial charge in [-0.05, 0) is 55.8 Å². The molecule has 0 saturated heterocycles. The molecule has 1 aliphatic rings. The number of fused-ring (bicyclic) bond motifs is 1. The number of hydrogen-bond acceptors (Lipinski definition) is 6. The molecule has 1 atom stereocenters. The molecule has 11 heteroatoms. The summed E-state index contributed by atoms with van der Waals surface area (Å²) in [5, 5.41) is 2.71. The van der Waals surface area contributed by atoms with Gasteiger partial charge < -0.3 is 19.7 Å². The number of nitrogens with zero attached hydrogens (tertiary/aromatic N) is 2. The molecule has 39 heavy (non-hydrogen) atoms. The van der Waals surface area contributed by atoms with Crippen molar-refractivity contribution in [1.29, 1.82) is 0 Å². The summed E-state index contributed by atoms with van der Waals surface area (Å²) in [5.41, 5.74) is 0.856. The Bertz CT molecular complexity index is 1420. The highest BCUT2D eigenvalue weighted by Crippen LogP contribution is 2.34. The second-order valence-corrected chi connectivity index (χ2v) is 10.7. The molecule has 1 heterocycles. The molecule has 4 rings (SSSR count). The van der Waals surface area contributed by atoms with Crippen LogP contribution < -0.4 is 19.1 Å². The monoisotopic (exact) mass is 555 g/mol. The average molecular weight is 556 g/mol. The van der Waals surface area contributed by atoms with E-state index in [1.807, 2.05) is 30.3 Å². The molecular weight excluding hydrogens is 525 g/mol. The fourth-order valence-corrected chi connectivity index (χ4v) is 5.56. The molecule has 3 aromatic carbocycles. The summed E-state index contributed by atoms with van der Waals surface area (Å²) < 4.78 is 53.5. The van der Waals surface area contributed by atoms with Gasteiger partial charge in [0.25, 0.3) is 10.0 Å². The van der Waals surface area contributed by atoms with E-state index in [1.54, 1.807) is 13.8 Å². The predicted molar refractivity (Wildman–Crippen MR) is 144 cm³/mol. The quantitative estimate of drug-likeness (QED) is 0.412. The SMILES string of the molecule is CCNC(=O)C(C)N(Cc1ccccc1)C(=O)CN(c1ccc(F)cc1)S(=O)(=O)c1ccc2c(c1)OCCO2. The number of rotatable bonds is 10. The molecule has 1 unspecified atom stereocenters. The molecule has 3 aromatic rings. The van der Waals surface area contributed by atoms with Crippen LogP contribution in [-0.4, -0.2) is 57.5 Å². The number of amides is 2. The van der Waals surface area contributed by atoms with Gasteiger partial charge in [-0.15, -0.1) is 0 Å². The molecule has 0 radical (unpaired) electrons. The van der Waals surface area contributed by atoms with Crippen molar-refractivity contribution in [3.8, 4) is 11.5 Å². The van der Waals surface area contributed by atoms with Crippen molar-refractivity contribution in [1.82, 2.24) is 10.2 Å². The van der Waals surface area contributed by atoms with E-state index in [9.17, 15) is 22.4 Å². The lowest BCUT2D eigenvalue weighted by Crippen LogP contribution is -2.51. The number of nitrogens with one attached hydrogen (secondary N) is 1. The van der Waals surface area contributed by atoms with Gasteiger partial charge in [0.2, 0.25) is 11.8 Å². The number of sulfonamides is 1. The smallest absolute Gasteiger partial charge is 0.264 e. The second-order valence-electron chi connectivity index (χ2n) is 8.87. The Labute approximate surface area is 227 Å². The molecule has 2 amide bonds. The fraction of sp³-hybridized carbons (Fsp3) is 0.286. The van der Waals surface area contributed by atoms with Crippen molar-refractivity contribution < 1.29 is 31.9 Å². The van der Waals surface area contributed by atoms with Gasteiger partial charge in [-0.25, -0.2) is 12.8 Å². The second kappa shape index (κ2) is 12.2. The number of carbonyl (C=O) groups excluding carboxylic acids is 2. The van der Waals surface area contributed by atoms with Crippen LogP contribution in [0.15, 0.2) is 77.7 Å². The maximum Gasteiger partial charge on any atom is 0.264 e. The number of ether oxygens (including phenoxy) is 2. The molecule has 0 bridgehead atoms. The minimum absolute atomic E-state index is 0.0826. The van der Waals surface area contributed by atoms with Gasteiger partial charge in [0.05, 0.1) is 10.6 Å². The molecule has 1 aliphatic heterocycles. The third-order valence-electron chi connectivity index (χ3n) is 6.21. The summed E-state index contributed by atoms with van der Waals surface area (Å²) in [6.45, 7) is 3.79. The van der Waals surface area contributed by atoms with Crippen LogP contribution >= 0.6 is 0 Å². The molecule has 0 saturated carbocycles. The van der Waals surface area contributed by atoms with Gasteiger partial charge in [0.15, 0.2) is 11.5 Å². The van der Waals surface area contributed by atoms with Crippen molar-refractivity contribution >= 4 is 27.5 Å².